The number of nitrogens with one attached hydrogen (secondary N) is 1. The number of nitrogens with zero attached hydrogens (tertiary/aromatic N) is 3. The van der Waals surface area contributed by atoms with Gasteiger partial charge in [0.15, 0.2) is 11.4 Å². The van der Waals surface area contributed by atoms with Crippen LogP contribution in [0.5, 0.6) is 0 Å². The second kappa shape index (κ2) is 4.58. The zero-order valence-electron chi connectivity index (χ0n) is 9.84. The molecule has 1 saturated heterocycles. The van der Waals surface area contributed by atoms with Crippen molar-refractivity contribution in [3.05, 3.63) is 17.6 Å². The van der Waals surface area contributed by atoms with Gasteiger partial charge in [-0.2, -0.15) is 4.98 Å². The lowest BCUT2D eigenvalue weighted by Gasteiger charge is -2.37. The first-order valence-electron chi connectivity index (χ1n) is 5.76. The number of aromatic nitrogens is 2. The minimum Gasteiger partial charge on any atom is -0.465 e. The van der Waals surface area contributed by atoms with Crippen LogP contribution in [0.1, 0.15) is 0 Å². The van der Waals surface area contributed by atoms with Crippen molar-refractivity contribution in [3.63, 3.8) is 0 Å². The maximum absolute atomic E-state index is 10.6. The van der Waals surface area contributed by atoms with Crippen molar-refractivity contribution in [1.82, 2.24) is 14.9 Å². The molecule has 1 fully saturated rings. The highest BCUT2D eigenvalue weighted by Gasteiger charge is 2.30. The van der Waals surface area contributed by atoms with Gasteiger partial charge in [-0.1, -0.05) is 0 Å². The molecule has 0 radical (unpaired) electrons. The van der Waals surface area contributed by atoms with Crippen LogP contribution >= 0.6 is 11.6 Å². The Balaban J connectivity index is 1.66. The third kappa shape index (κ3) is 2.28. The Morgan fingerprint density at radius 1 is 1.58 bits per heavy atom. The van der Waals surface area contributed by atoms with Gasteiger partial charge in [0.2, 0.25) is 5.28 Å². The van der Waals surface area contributed by atoms with E-state index in [1.54, 1.807) is 6.07 Å². The summed E-state index contributed by atoms with van der Waals surface area (Å²) in [4.78, 5) is 20.1. The van der Waals surface area contributed by atoms with Crippen LogP contribution in [0.15, 0.2) is 16.7 Å². The second-order valence-electron chi connectivity index (χ2n) is 4.41. The summed E-state index contributed by atoms with van der Waals surface area (Å²) in [6.45, 7) is 1.68. The lowest BCUT2D eigenvalue weighted by molar-refractivity contribution is 0.0864. The highest BCUT2D eigenvalue weighted by Crippen LogP contribution is 2.24. The Hall–Kier alpha value is -2.02. The first kappa shape index (κ1) is 12.0. The second-order valence-corrected chi connectivity index (χ2v) is 4.75. The van der Waals surface area contributed by atoms with Gasteiger partial charge >= 0.3 is 6.09 Å². The van der Waals surface area contributed by atoms with Gasteiger partial charge in [0, 0.05) is 31.6 Å². The number of likely N-dealkylation sites (tertiary alicyclic amines) is 1. The summed E-state index contributed by atoms with van der Waals surface area (Å²) < 4.78 is 5.30. The maximum atomic E-state index is 10.6. The minimum absolute atomic E-state index is 0.150. The fraction of sp³-hybridized carbons (Fsp3) is 0.364. The van der Waals surface area contributed by atoms with E-state index >= 15 is 0 Å². The number of carboxylic acid groups (broad SMARTS) is 1. The lowest BCUT2D eigenvalue weighted by atomic mass is 10.0. The van der Waals surface area contributed by atoms with Crippen molar-refractivity contribution in [2.24, 2.45) is 5.92 Å². The Kier molecular flexibility index (Phi) is 2.90. The smallest absolute Gasteiger partial charge is 0.407 e. The first-order valence-corrected chi connectivity index (χ1v) is 6.14. The van der Waals surface area contributed by atoms with Crippen LogP contribution in [0.25, 0.3) is 11.1 Å². The van der Waals surface area contributed by atoms with Gasteiger partial charge in [0.25, 0.3) is 0 Å². The molecular weight excluding hydrogens is 272 g/mol. The Bertz CT molecular complexity index is 623. The molecule has 100 valence electrons. The van der Waals surface area contributed by atoms with Crippen molar-refractivity contribution in [2.45, 2.75) is 0 Å². The van der Waals surface area contributed by atoms with Gasteiger partial charge in [0.05, 0.1) is 6.26 Å². The summed E-state index contributed by atoms with van der Waals surface area (Å²) in [5.41, 5.74) is 1.20. The van der Waals surface area contributed by atoms with Gasteiger partial charge in [-0.05, 0) is 11.6 Å². The van der Waals surface area contributed by atoms with Gasteiger partial charge in [-0.15, -0.1) is 0 Å². The molecule has 2 N–H and O–H groups in total. The van der Waals surface area contributed by atoms with Crippen LogP contribution in [0, 0.1) is 5.92 Å². The summed E-state index contributed by atoms with van der Waals surface area (Å²) in [6.07, 6.45) is 0.644. The molecular formula is C11H11ClN4O3. The molecule has 0 unspecified atom stereocenters. The molecule has 3 heterocycles. The van der Waals surface area contributed by atoms with E-state index < -0.39 is 6.09 Å². The summed E-state index contributed by atoms with van der Waals surface area (Å²) in [5.74, 6) is 0.809. The number of halogens is 1. The number of amides is 1. The third-order valence-electron chi connectivity index (χ3n) is 3.06. The molecule has 0 aromatic carbocycles. The van der Waals surface area contributed by atoms with Gasteiger partial charge in [0.1, 0.15) is 5.52 Å². The molecule has 19 heavy (non-hydrogen) atoms. The van der Waals surface area contributed by atoms with Crippen molar-refractivity contribution in [2.75, 3.05) is 25.0 Å². The van der Waals surface area contributed by atoms with Crippen LogP contribution in [-0.2, 0) is 0 Å². The van der Waals surface area contributed by atoms with Gasteiger partial charge in [-0.25, -0.2) is 9.78 Å². The largest absolute Gasteiger partial charge is 0.465 e. The fourth-order valence-corrected chi connectivity index (χ4v) is 2.23. The topological polar surface area (TPSA) is 91.5 Å². The predicted octanol–water partition coefficient (Wildman–Crippen LogP) is 1.90. The molecule has 1 aliphatic rings. The van der Waals surface area contributed by atoms with E-state index in [4.69, 9.17) is 21.1 Å². The quantitative estimate of drug-likeness (QED) is 0.836. The average molecular weight is 283 g/mol. The van der Waals surface area contributed by atoms with E-state index in [2.05, 4.69) is 15.3 Å². The van der Waals surface area contributed by atoms with E-state index in [0.717, 1.165) is 0 Å². The predicted molar refractivity (Wildman–Crippen MR) is 68.4 cm³/mol. The zero-order valence-corrected chi connectivity index (χ0v) is 10.6. The molecule has 2 aromatic heterocycles. The number of anilines is 1. The zero-order chi connectivity index (χ0) is 13.4. The van der Waals surface area contributed by atoms with Gasteiger partial charge in [-0.3, -0.25) is 0 Å². The van der Waals surface area contributed by atoms with E-state index in [-0.39, 0.29) is 11.2 Å². The number of fused-ring (bicyclic) bond motifs is 1. The van der Waals surface area contributed by atoms with E-state index in [9.17, 15) is 4.79 Å². The average Bonchev–Trinajstić information content (AvgIpc) is 2.73. The Labute approximate surface area is 113 Å². The van der Waals surface area contributed by atoms with Crippen LogP contribution in [0.4, 0.5) is 10.6 Å². The third-order valence-corrected chi connectivity index (χ3v) is 3.23. The fourth-order valence-electron chi connectivity index (χ4n) is 2.05. The number of furan rings is 1. The van der Waals surface area contributed by atoms with Crippen molar-refractivity contribution >= 4 is 34.6 Å². The molecule has 0 atom stereocenters. The highest BCUT2D eigenvalue weighted by atomic mass is 35.5. The molecule has 8 heteroatoms. The summed E-state index contributed by atoms with van der Waals surface area (Å²) in [5, 5.41) is 12.0. The van der Waals surface area contributed by atoms with Crippen LogP contribution < -0.4 is 5.32 Å². The SMILES string of the molecule is O=C(O)N1CC(CNc2nc(Cl)nc3ccoc23)C1. The Morgan fingerprint density at radius 2 is 2.37 bits per heavy atom. The molecule has 1 amide bonds. The molecule has 0 spiro atoms. The maximum Gasteiger partial charge on any atom is 0.407 e. The van der Waals surface area contributed by atoms with Crippen LogP contribution in [0.2, 0.25) is 5.28 Å². The molecule has 2 aromatic rings. The van der Waals surface area contributed by atoms with Crippen LogP contribution in [-0.4, -0.2) is 45.7 Å². The molecule has 0 aliphatic carbocycles. The minimum atomic E-state index is -0.880. The van der Waals surface area contributed by atoms with Gasteiger partial charge < -0.3 is 19.7 Å². The number of carbonyl (C=O) groups is 1. The number of hydrogen-bond donors (Lipinski definition) is 2. The monoisotopic (exact) mass is 282 g/mol. The Morgan fingerprint density at radius 3 is 3.11 bits per heavy atom. The summed E-state index contributed by atoms with van der Waals surface area (Å²) in [6, 6.07) is 1.71. The highest BCUT2D eigenvalue weighted by molar-refractivity contribution is 6.28. The lowest BCUT2D eigenvalue weighted by Crippen LogP contribution is -2.51. The molecule has 0 bridgehead atoms. The first-order chi connectivity index (χ1) is 9.13. The molecule has 0 saturated carbocycles. The number of rotatable bonds is 3. The molecule has 1 aliphatic heterocycles. The molecule has 7 nitrogen and oxygen atoms in total. The van der Waals surface area contributed by atoms with E-state index in [1.807, 2.05) is 0 Å². The standard InChI is InChI=1S/C11H11ClN4O3/c12-10-14-7-1-2-19-8(7)9(15-10)13-3-6-4-16(5-6)11(17)18/h1-2,6H,3-5H2,(H,17,18)(H,13,14,15). The summed E-state index contributed by atoms with van der Waals surface area (Å²) >= 11 is 5.82. The number of hydrogen-bond acceptors (Lipinski definition) is 5. The van der Waals surface area contributed by atoms with Crippen molar-refractivity contribution in [1.29, 1.82) is 0 Å². The molecule has 3 rings (SSSR count). The van der Waals surface area contributed by atoms with Crippen LogP contribution in [0.3, 0.4) is 0 Å². The van der Waals surface area contributed by atoms with E-state index in [1.165, 1.54) is 11.2 Å². The van der Waals surface area contributed by atoms with Crippen molar-refractivity contribution in [3.8, 4) is 0 Å². The summed E-state index contributed by atoms with van der Waals surface area (Å²) in [7, 11) is 0. The normalized spacial score (nSPS) is 15.5. The van der Waals surface area contributed by atoms with Crippen molar-refractivity contribution < 1.29 is 14.3 Å². The van der Waals surface area contributed by atoms with E-state index in [0.29, 0.717) is 36.6 Å².